The molecule has 0 spiro atoms. The number of anilines is 1. The third-order valence-electron chi connectivity index (χ3n) is 3.45. The van der Waals surface area contributed by atoms with E-state index >= 15 is 0 Å². The number of benzene rings is 2. The molecule has 0 radical (unpaired) electrons. The van der Waals surface area contributed by atoms with Gasteiger partial charge in [-0.25, -0.2) is 8.42 Å². The molecule has 2 aromatic carbocycles. The van der Waals surface area contributed by atoms with E-state index in [9.17, 15) is 8.42 Å². The van der Waals surface area contributed by atoms with Crippen LogP contribution in [0.15, 0.2) is 47.4 Å². The number of sulfone groups is 1. The monoisotopic (exact) mass is 323 g/mol. The lowest BCUT2D eigenvalue weighted by atomic mass is 10.1. The Balaban J connectivity index is 2.21. The summed E-state index contributed by atoms with van der Waals surface area (Å²) in [6, 6.07) is 12.7. The summed E-state index contributed by atoms with van der Waals surface area (Å²) >= 11 is 6.11. The molecule has 0 aromatic heterocycles. The van der Waals surface area contributed by atoms with Gasteiger partial charge in [-0.1, -0.05) is 29.8 Å². The van der Waals surface area contributed by atoms with Gasteiger partial charge >= 0.3 is 0 Å². The largest absolute Gasteiger partial charge is 0.378 e. The topological polar surface area (TPSA) is 46.2 Å². The van der Waals surface area contributed by atoms with Crippen LogP contribution in [-0.4, -0.2) is 14.7 Å². The average Bonchev–Trinajstić information content (AvgIpc) is 2.43. The van der Waals surface area contributed by atoms with Gasteiger partial charge in [-0.2, -0.15) is 0 Å². The first-order valence-electron chi connectivity index (χ1n) is 6.60. The molecule has 0 saturated heterocycles. The van der Waals surface area contributed by atoms with Crippen LogP contribution < -0.4 is 5.32 Å². The Morgan fingerprint density at radius 1 is 1.10 bits per heavy atom. The lowest BCUT2D eigenvalue weighted by Gasteiger charge is -2.18. The maximum atomic E-state index is 11.5. The smallest absolute Gasteiger partial charge is 0.175 e. The van der Waals surface area contributed by atoms with Gasteiger partial charge in [0.2, 0.25) is 0 Å². The van der Waals surface area contributed by atoms with Gasteiger partial charge in [0.1, 0.15) is 0 Å². The second kappa shape index (κ2) is 6.08. The van der Waals surface area contributed by atoms with E-state index in [4.69, 9.17) is 11.6 Å². The number of nitrogens with one attached hydrogen (secondary N) is 1. The summed E-state index contributed by atoms with van der Waals surface area (Å²) in [7, 11) is -3.15. The highest BCUT2D eigenvalue weighted by atomic mass is 35.5. The van der Waals surface area contributed by atoms with Gasteiger partial charge in [0, 0.05) is 23.0 Å². The minimum Gasteiger partial charge on any atom is -0.378 e. The van der Waals surface area contributed by atoms with E-state index < -0.39 is 9.84 Å². The Labute approximate surface area is 130 Å². The van der Waals surface area contributed by atoms with E-state index in [0.717, 1.165) is 21.8 Å². The molecule has 0 heterocycles. The predicted molar refractivity (Wildman–Crippen MR) is 87.8 cm³/mol. The van der Waals surface area contributed by atoms with Gasteiger partial charge in [-0.05, 0) is 49.2 Å². The van der Waals surface area contributed by atoms with Crippen LogP contribution in [-0.2, 0) is 9.84 Å². The van der Waals surface area contributed by atoms with E-state index in [-0.39, 0.29) is 6.04 Å². The molecule has 21 heavy (non-hydrogen) atoms. The van der Waals surface area contributed by atoms with Crippen LogP contribution in [0.4, 0.5) is 5.69 Å². The van der Waals surface area contributed by atoms with Gasteiger partial charge in [0.25, 0.3) is 0 Å². The Hall–Kier alpha value is -1.52. The number of halogens is 1. The van der Waals surface area contributed by atoms with Crippen LogP contribution in [0.2, 0.25) is 5.02 Å². The highest BCUT2D eigenvalue weighted by Crippen LogP contribution is 2.27. The second-order valence-corrected chi connectivity index (χ2v) is 7.54. The fraction of sp³-hybridized carbons (Fsp3) is 0.250. The first-order valence-corrected chi connectivity index (χ1v) is 8.87. The van der Waals surface area contributed by atoms with Gasteiger partial charge in [-0.3, -0.25) is 0 Å². The zero-order valence-corrected chi connectivity index (χ0v) is 13.8. The summed E-state index contributed by atoms with van der Waals surface area (Å²) in [6.45, 7) is 3.99. The summed E-state index contributed by atoms with van der Waals surface area (Å²) in [5.41, 5.74) is 2.99. The molecule has 3 nitrogen and oxygen atoms in total. The molecule has 112 valence electrons. The second-order valence-electron chi connectivity index (χ2n) is 5.12. The summed E-state index contributed by atoms with van der Waals surface area (Å²) in [6.07, 6.45) is 1.21. The zero-order valence-electron chi connectivity index (χ0n) is 12.2. The first kappa shape index (κ1) is 15.9. The van der Waals surface area contributed by atoms with Crippen LogP contribution in [0.5, 0.6) is 0 Å². The molecule has 5 heteroatoms. The molecule has 1 unspecified atom stereocenters. The molecule has 0 aliphatic carbocycles. The Bertz CT molecular complexity index is 739. The quantitative estimate of drug-likeness (QED) is 0.916. The van der Waals surface area contributed by atoms with E-state index in [0.29, 0.717) is 4.90 Å². The maximum Gasteiger partial charge on any atom is 0.175 e. The van der Waals surface area contributed by atoms with Crippen LogP contribution >= 0.6 is 11.6 Å². The summed E-state index contributed by atoms with van der Waals surface area (Å²) in [4.78, 5) is 0.331. The summed E-state index contributed by atoms with van der Waals surface area (Å²) in [5, 5.41) is 4.11. The van der Waals surface area contributed by atoms with Crippen molar-refractivity contribution in [3.8, 4) is 0 Å². The predicted octanol–water partition coefficient (Wildman–Crippen LogP) is 4.23. The van der Waals surface area contributed by atoms with Crippen LogP contribution in [0.1, 0.15) is 24.1 Å². The minimum atomic E-state index is -3.15. The first-order chi connectivity index (χ1) is 9.79. The third kappa shape index (κ3) is 3.77. The molecule has 1 N–H and O–H groups in total. The van der Waals surface area contributed by atoms with E-state index in [1.165, 1.54) is 6.26 Å². The highest BCUT2D eigenvalue weighted by molar-refractivity contribution is 7.90. The van der Waals surface area contributed by atoms with Crippen molar-refractivity contribution >= 4 is 27.1 Å². The van der Waals surface area contributed by atoms with Crippen molar-refractivity contribution in [2.75, 3.05) is 11.6 Å². The molecule has 0 saturated carbocycles. The molecule has 2 rings (SSSR count). The molecule has 0 aliphatic heterocycles. The zero-order chi connectivity index (χ0) is 15.6. The van der Waals surface area contributed by atoms with E-state index in [1.54, 1.807) is 12.1 Å². The van der Waals surface area contributed by atoms with Crippen molar-refractivity contribution in [2.24, 2.45) is 0 Å². The Morgan fingerprint density at radius 3 is 2.29 bits per heavy atom. The van der Waals surface area contributed by atoms with Crippen molar-refractivity contribution in [2.45, 2.75) is 24.8 Å². The van der Waals surface area contributed by atoms with Gasteiger partial charge < -0.3 is 5.32 Å². The molecular weight excluding hydrogens is 306 g/mol. The van der Waals surface area contributed by atoms with Crippen LogP contribution in [0.3, 0.4) is 0 Å². The number of hydrogen-bond acceptors (Lipinski definition) is 3. The molecule has 0 amide bonds. The summed E-state index contributed by atoms with van der Waals surface area (Å²) in [5.74, 6) is 0. The van der Waals surface area contributed by atoms with Crippen molar-refractivity contribution in [1.29, 1.82) is 0 Å². The molecule has 0 bridgehead atoms. The molecule has 0 aliphatic rings. The number of hydrogen-bond donors (Lipinski definition) is 1. The minimum absolute atomic E-state index is 0.0516. The van der Waals surface area contributed by atoms with Gasteiger partial charge in [0.05, 0.1) is 4.90 Å². The Kier molecular flexibility index (Phi) is 4.59. The lowest BCUT2D eigenvalue weighted by molar-refractivity contribution is 0.602. The lowest BCUT2D eigenvalue weighted by Crippen LogP contribution is -2.08. The number of rotatable bonds is 4. The fourth-order valence-electron chi connectivity index (χ4n) is 2.08. The third-order valence-corrected chi connectivity index (χ3v) is 4.99. The molecule has 2 aromatic rings. The molecule has 0 fully saturated rings. The van der Waals surface area contributed by atoms with Gasteiger partial charge in [0.15, 0.2) is 9.84 Å². The van der Waals surface area contributed by atoms with Gasteiger partial charge in [-0.15, -0.1) is 0 Å². The van der Waals surface area contributed by atoms with Crippen LogP contribution in [0, 0.1) is 6.92 Å². The summed E-state index contributed by atoms with van der Waals surface area (Å²) < 4.78 is 22.9. The van der Waals surface area contributed by atoms with E-state index in [2.05, 4.69) is 5.32 Å². The normalized spacial score (nSPS) is 13.0. The highest BCUT2D eigenvalue weighted by Gasteiger charge is 2.11. The maximum absolute atomic E-state index is 11.5. The van der Waals surface area contributed by atoms with Crippen molar-refractivity contribution in [3.05, 3.63) is 58.6 Å². The van der Waals surface area contributed by atoms with Crippen molar-refractivity contribution in [3.63, 3.8) is 0 Å². The van der Waals surface area contributed by atoms with Crippen LogP contribution in [0.25, 0.3) is 0 Å². The SMILES string of the molecule is Cc1c(Cl)cccc1NC(C)c1ccc(S(C)(=O)=O)cc1. The van der Waals surface area contributed by atoms with Crippen molar-refractivity contribution < 1.29 is 8.42 Å². The molecular formula is C16H18ClNO2S. The molecule has 1 atom stereocenters. The Morgan fingerprint density at radius 2 is 1.71 bits per heavy atom. The fourth-order valence-corrected chi connectivity index (χ4v) is 2.89. The standard InChI is InChI=1S/C16H18ClNO2S/c1-11-15(17)5-4-6-16(11)18-12(2)13-7-9-14(10-8-13)21(3,19)20/h4-10,12,18H,1-3H3. The van der Waals surface area contributed by atoms with Crippen molar-refractivity contribution in [1.82, 2.24) is 0 Å². The average molecular weight is 324 g/mol. The van der Waals surface area contributed by atoms with E-state index in [1.807, 2.05) is 44.2 Å².